The maximum Gasteiger partial charge on any atom is 0.202 e. The van der Waals surface area contributed by atoms with Crippen molar-refractivity contribution in [1.29, 1.82) is 0 Å². The molecule has 0 radical (unpaired) electrons. The first-order valence-corrected chi connectivity index (χ1v) is 5.99. The zero-order valence-electron chi connectivity index (χ0n) is 11.1. The topological polar surface area (TPSA) is 33.1 Å². The van der Waals surface area contributed by atoms with Gasteiger partial charge >= 0.3 is 0 Å². The van der Waals surface area contributed by atoms with E-state index in [0.717, 1.165) is 19.0 Å². The number of aromatic nitrogens is 2. The second-order valence-electron chi connectivity index (χ2n) is 4.71. The zero-order chi connectivity index (χ0) is 12.1. The highest BCUT2D eigenvalue weighted by Crippen LogP contribution is 2.05. The van der Waals surface area contributed by atoms with Crippen LogP contribution >= 0.6 is 0 Å². The first-order valence-electron chi connectivity index (χ1n) is 5.99. The van der Waals surface area contributed by atoms with Crippen LogP contribution < -0.4 is 5.32 Å². The van der Waals surface area contributed by atoms with Gasteiger partial charge < -0.3 is 9.88 Å². The third-order valence-electron chi connectivity index (χ3n) is 2.80. The van der Waals surface area contributed by atoms with Crippen molar-refractivity contribution in [1.82, 2.24) is 14.5 Å². The molecule has 0 atom stereocenters. The lowest BCUT2D eigenvalue weighted by Crippen LogP contribution is -2.40. The molecule has 0 aliphatic heterocycles. The molecular weight excluding hydrogens is 200 g/mol. The minimum Gasteiger partial charge on any atom is -0.354 e. The first-order chi connectivity index (χ1) is 7.52. The molecular formula is C12H24N4. The quantitative estimate of drug-likeness (QED) is 0.802. The van der Waals surface area contributed by atoms with Crippen LogP contribution in [0.15, 0.2) is 12.4 Å². The Hall–Kier alpha value is -1.03. The molecule has 0 saturated heterocycles. The standard InChI is InChI=1S/C12H24N4/c1-10(2)16(11(3)4)9-7-14-12-13-6-8-15(12)5/h6,8,10-11H,7,9H2,1-5H3,(H,13,14). The van der Waals surface area contributed by atoms with Crippen LogP contribution in [0.1, 0.15) is 27.7 Å². The molecule has 0 bridgehead atoms. The van der Waals surface area contributed by atoms with Crippen LogP contribution in [0.2, 0.25) is 0 Å². The number of nitrogens with zero attached hydrogens (tertiary/aromatic N) is 3. The van der Waals surface area contributed by atoms with Crippen LogP contribution in [0.25, 0.3) is 0 Å². The molecule has 0 aliphatic carbocycles. The van der Waals surface area contributed by atoms with Gasteiger partial charge in [-0.25, -0.2) is 4.98 Å². The number of anilines is 1. The SMILES string of the molecule is CC(C)N(CCNc1nccn1C)C(C)C. The van der Waals surface area contributed by atoms with E-state index in [4.69, 9.17) is 0 Å². The van der Waals surface area contributed by atoms with Crippen molar-refractivity contribution >= 4 is 5.95 Å². The van der Waals surface area contributed by atoms with Gasteiger partial charge in [-0.15, -0.1) is 0 Å². The molecule has 16 heavy (non-hydrogen) atoms. The number of nitrogens with one attached hydrogen (secondary N) is 1. The van der Waals surface area contributed by atoms with Crippen LogP contribution in [0.3, 0.4) is 0 Å². The highest BCUT2D eigenvalue weighted by Gasteiger charge is 2.12. The second-order valence-corrected chi connectivity index (χ2v) is 4.71. The van der Waals surface area contributed by atoms with E-state index in [2.05, 4.69) is 42.9 Å². The third-order valence-corrected chi connectivity index (χ3v) is 2.80. The fourth-order valence-corrected chi connectivity index (χ4v) is 1.95. The summed E-state index contributed by atoms with van der Waals surface area (Å²) >= 11 is 0. The van der Waals surface area contributed by atoms with Gasteiger partial charge in [0.15, 0.2) is 0 Å². The van der Waals surface area contributed by atoms with Crippen LogP contribution in [0.4, 0.5) is 5.95 Å². The number of aryl methyl sites for hydroxylation is 1. The molecule has 92 valence electrons. The van der Waals surface area contributed by atoms with Crippen LogP contribution in [-0.2, 0) is 7.05 Å². The minimum absolute atomic E-state index is 0.586. The summed E-state index contributed by atoms with van der Waals surface area (Å²) < 4.78 is 2.00. The fraction of sp³-hybridized carbons (Fsp3) is 0.750. The van der Waals surface area contributed by atoms with Gasteiger partial charge in [0.25, 0.3) is 0 Å². The number of imidazole rings is 1. The van der Waals surface area contributed by atoms with Gasteiger partial charge in [0.05, 0.1) is 0 Å². The molecule has 1 rings (SSSR count). The van der Waals surface area contributed by atoms with Gasteiger partial charge in [-0.2, -0.15) is 0 Å². The highest BCUT2D eigenvalue weighted by atomic mass is 15.2. The highest BCUT2D eigenvalue weighted by molar-refractivity contribution is 5.24. The van der Waals surface area contributed by atoms with Gasteiger partial charge in [0, 0.05) is 44.6 Å². The van der Waals surface area contributed by atoms with E-state index in [-0.39, 0.29) is 0 Å². The Morgan fingerprint density at radius 2 is 1.94 bits per heavy atom. The molecule has 1 aromatic heterocycles. The smallest absolute Gasteiger partial charge is 0.202 e. The number of rotatable bonds is 6. The normalized spacial score (nSPS) is 11.8. The first kappa shape index (κ1) is 13.0. The van der Waals surface area contributed by atoms with Gasteiger partial charge in [0.1, 0.15) is 0 Å². The van der Waals surface area contributed by atoms with E-state index in [9.17, 15) is 0 Å². The molecule has 0 spiro atoms. The number of hydrogen-bond donors (Lipinski definition) is 1. The van der Waals surface area contributed by atoms with Crippen molar-refractivity contribution in [2.24, 2.45) is 7.05 Å². The average molecular weight is 224 g/mol. The monoisotopic (exact) mass is 224 g/mol. The Labute approximate surface area is 98.7 Å². The zero-order valence-corrected chi connectivity index (χ0v) is 11.1. The predicted molar refractivity (Wildman–Crippen MR) is 68.7 cm³/mol. The Bertz CT molecular complexity index is 296. The Kier molecular flexibility index (Phi) is 4.80. The van der Waals surface area contributed by atoms with Crippen LogP contribution in [0, 0.1) is 0 Å². The summed E-state index contributed by atoms with van der Waals surface area (Å²) in [5.74, 6) is 0.937. The van der Waals surface area contributed by atoms with Crippen LogP contribution in [0.5, 0.6) is 0 Å². The molecule has 0 amide bonds. The molecule has 1 heterocycles. The van der Waals surface area contributed by atoms with E-state index in [0.29, 0.717) is 12.1 Å². The van der Waals surface area contributed by atoms with Crippen molar-refractivity contribution in [2.45, 2.75) is 39.8 Å². The Morgan fingerprint density at radius 3 is 2.38 bits per heavy atom. The fourth-order valence-electron chi connectivity index (χ4n) is 1.95. The lowest BCUT2D eigenvalue weighted by molar-refractivity contribution is 0.182. The van der Waals surface area contributed by atoms with Crippen molar-refractivity contribution < 1.29 is 0 Å². The van der Waals surface area contributed by atoms with E-state index < -0.39 is 0 Å². The van der Waals surface area contributed by atoms with E-state index in [1.807, 2.05) is 24.0 Å². The molecule has 0 fully saturated rings. The summed E-state index contributed by atoms with van der Waals surface area (Å²) in [7, 11) is 2.00. The van der Waals surface area contributed by atoms with Gasteiger partial charge in [-0.05, 0) is 27.7 Å². The predicted octanol–water partition coefficient (Wildman–Crippen LogP) is 1.95. The molecule has 1 N–H and O–H groups in total. The van der Waals surface area contributed by atoms with Crippen LogP contribution in [-0.4, -0.2) is 39.6 Å². The largest absolute Gasteiger partial charge is 0.354 e. The van der Waals surface area contributed by atoms with Crippen molar-refractivity contribution in [2.75, 3.05) is 18.4 Å². The van der Waals surface area contributed by atoms with Gasteiger partial charge in [-0.1, -0.05) is 0 Å². The van der Waals surface area contributed by atoms with E-state index in [1.165, 1.54) is 0 Å². The molecule has 0 aromatic carbocycles. The second kappa shape index (κ2) is 5.89. The minimum atomic E-state index is 0.586. The van der Waals surface area contributed by atoms with Crippen molar-refractivity contribution in [3.8, 4) is 0 Å². The summed E-state index contributed by atoms with van der Waals surface area (Å²) in [6.45, 7) is 10.9. The summed E-state index contributed by atoms with van der Waals surface area (Å²) in [6, 6.07) is 1.17. The summed E-state index contributed by atoms with van der Waals surface area (Å²) in [5.41, 5.74) is 0. The summed E-state index contributed by atoms with van der Waals surface area (Å²) in [6.07, 6.45) is 3.76. The molecule has 0 aliphatic rings. The van der Waals surface area contributed by atoms with Gasteiger partial charge in [0.2, 0.25) is 5.95 Å². The summed E-state index contributed by atoms with van der Waals surface area (Å²) in [5, 5.41) is 3.34. The maximum atomic E-state index is 4.24. The average Bonchev–Trinajstić information content (AvgIpc) is 2.57. The molecule has 0 unspecified atom stereocenters. The molecule has 4 nitrogen and oxygen atoms in total. The molecule has 0 saturated carbocycles. The molecule has 4 heteroatoms. The lowest BCUT2D eigenvalue weighted by atomic mass is 10.2. The van der Waals surface area contributed by atoms with Crippen molar-refractivity contribution in [3.05, 3.63) is 12.4 Å². The van der Waals surface area contributed by atoms with E-state index in [1.54, 1.807) is 0 Å². The Morgan fingerprint density at radius 1 is 1.31 bits per heavy atom. The molecule has 1 aromatic rings. The van der Waals surface area contributed by atoms with Crippen molar-refractivity contribution in [3.63, 3.8) is 0 Å². The third kappa shape index (κ3) is 3.52. The Balaban J connectivity index is 2.37. The number of hydrogen-bond acceptors (Lipinski definition) is 3. The summed E-state index contributed by atoms with van der Waals surface area (Å²) in [4.78, 5) is 6.70. The lowest BCUT2D eigenvalue weighted by Gasteiger charge is -2.30. The van der Waals surface area contributed by atoms with Gasteiger partial charge in [-0.3, -0.25) is 4.90 Å². The van der Waals surface area contributed by atoms with E-state index >= 15 is 0 Å². The maximum absolute atomic E-state index is 4.24.